The molecule has 244 valence electrons. The summed E-state index contributed by atoms with van der Waals surface area (Å²) in [5.41, 5.74) is 0. The van der Waals surface area contributed by atoms with Crippen LogP contribution in [0.2, 0.25) is 0 Å². The third-order valence-electron chi connectivity index (χ3n) is 8.98. The number of carbonyl (C=O) groups is 2. The van der Waals surface area contributed by atoms with Crippen molar-refractivity contribution in [2.75, 3.05) is 13.3 Å². The van der Waals surface area contributed by atoms with Gasteiger partial charge in [0.1, 0.15) is 0 Å². The molecule has 0 bridgehead atoms. The summed E-state index contributed by atoms with van der Waals surface area (Å²) in [6.45, 7) is 0.490. The second-order valence-electron chi connectivity index (χ2n) is 12.1. The minimum absolute atomic E-state index is 0.272. The van der Waals surface area contributed by atoms with Crippen LogP contribution in [0.3, 0.4) is 0 Å². The number of rotatable bonds is 8. The minimum atomic E-state index is -3.35. The van der Waals surface area contributed by atoms with Gasteiger partial charge >= 0.3 is 285 Å². The maximum absolute atomic E-state index is 12.2. The first-order valence-electron chi connectivity index (χ1n) is 15.9. The van der Waals surface area contributed by atoms with Gasteiger partial charge in [0.15, 0.2) is 0 Å². The zero-order chi connectivity index (χ0) is 34.1. The molecule has 0 aliphatic heterocycles. The Morgan fingerprint density at radius 1 is 0.333 bits per heavy atom. The van der Waals surface area contributed by atoms with E-state index < -0.39 is 13.7 Å². The molecule has 6 heteroatoms. The normalized spacial score (nSPS) is 12.8. The summed E-state index contributed by atoms with van der Waals surface area (Å²) in [4.78, 5) is 24.4. The monoisotopic (exact) mass is 672 g/mol. The van der Waals surface area contributed by atoms with Crippen LogP contribution in [-0.4, -0.2) is 25.3 Å². The van der Waals surface area contributed by atoms with Gasteiger partial charge in [-0.05, 0) is 0 Å². The van der Waals surface area contributed by atoms with E-state index in [2.05, 4.69) is 86.1 Å². The zero-order valence-corrected chi connectivity index (χ0v) is 29.6. The van der Waals surface area contributed by atoms with Crippen LogP contribution in [0.25, 0.3) is 0 Å². The molecule has 0 aliphatic rings. The van der Waals surface area contributed by atoms with Gasteiger partial charge in [-0.2, -0.15) is 0 Å². The topological polar surface area (TPSA) is 52.6 Å². The molecule has 0 atom stereocenters. The van der Waals surface area contributed by atoms with Crippen LogP contribution in [-0.2, 0) is 18.6 Å². The van der Waals surface area contributed by atoms with Crippen molar-refractivity contribution in [3.8, 4) is 0 Å². The van der Waals surface area contributed by atoms with Crippen LogP contribution in [0.1, 0.15) is 13.8 Å². The van der Waals surface area contributed by atoms with E-state index in [0.29, 0.717) is 0 Å². The van der Waals surface area contributed by atoms with Crippen molar-refractivity contribution in [2.24, 2.45) is 0 Å². The molecule has 6 aromatic carbocycles. The van der Waals surface area contributed by atoms with Crippen LogP contribution >= 0.6 is 13.7 Å². The van der Waals surface area contributed by atoms with Crippen molar-refractivity contribution in [3.63, 3.8) is 0 Å². The number of carbonyl (C=O) groups excluding carboxylic acids is 2. The van der Waals surface area contributed by atoms with E-state index in [1.807, 2.05) is 109 Å². The molecule has 0 aliphatic carbocycles. The van der Waals surface area contributed by atoms with Crippen molar-refractivity contribution in [2.45, 2.75) is 13.8 Å². The SMILES string of the molecule is CC(=O)OP(C)(c1ccccc1)(c1ccccc1)c1ccccc1.CC(=O)OP(C)(c1ccccc1)(c1ccccc1)c1ccccc1. The number of benzene rings is 6. The van der Waals surface area contributed by atoms with Gasteiger partial charge < -0.3 is 0 Å². The summed E-state index contributed by atoms with van der Waals surface area (Å²) in [7, 11) is 0. The fourth-order valence-electron chi connectivity index (χ4n) is 6.58. The molecule has 0 radical (unpaired) electrons. The average molecular weight is 673 g/mol. The van der Waals surface area contributed by atoms with Gasteiger partial charge in [0.2, 0.25) is 0 Å². The van der Waals surface area contributed by atoms with E-state index in [1.54, 1.807) is 0 Å². The first-order chi connectivity index (χ1) is 23.1. The van der Waals surface area contributed by atoms with E-state index >= 15 is 0 Å². The third kappa shape index (κ3) is 6.22. The predicted octanol–water partition coefficient (Wildman–Crippen LogP) is 7.25. The van der Waals surface area contributed by atoms with Gasteiger partial charge in [-0.25, -0.2) is 0 Å². The molecular formula is C42H42O4P2. The average Bonchev–Trinajstić information content (AvgIpc) is 3.14. The summed E-state index contributed by atoms with van der Waals surface area (Å²) in [5, 5.41) is 6.23. The number of hydrogen-bond donors (Lipinski definition) is 0. The van der Waals surface area contributed by atoms with Crippen LogP contribution in [0.15, 0.2) is 182 Å². The van der Waals surface area contributed by atoms with E-state index in [0.717, 1.165) is 31.8 Å². The van der Waals surface area contributed by atoms with Crippen molar-refractivity contribution in [3.05, 3.63) is 182 Å². The first-order valence-corrected chi connectivity index (χ1v) is 21.1. The predicted molar refractivity (Wildman–Crippen MR) is 206 cm³/mol. The Bertz CT molecular complexity index is 1610. The van der Waals surface area contributed by atoms with Gasteiger partial charge in [-0.15, -0.1) is 0 Å². The summed E-state index contributed by atoms with van der Waals surface area (Å²) in [5.74, 6) is -0.543. The Labute approximate surface area is 284 Å². The Morgan fingerprint density at radius 2 is 0.479 bits per heavy atom. The molecule has 0 fully saturated rings. The zero-order valence-electron chi connectivity index (χ0n) is 27.8. The van der Waals surface area contributed by atoms with E-state index in [4.69, 9.17) is 9.05 Å². The summed E-state index contributed by atoms with van der Waals surface area (Å²) < 4.78 is 12.6. The molecule has 6 aromatic rings. The molecule has 0 unspecified atom stereocenters. The maximum atomic E-state index is 12.2. The van der Waals surface area contributed by atoms with Crippen LogP contribution < -0.4 is 31.8 Å². The van der Waals surface area contributed by atoms with Crippen molar-refractivity contribution in [1.82, 2.24) is 0 Å². The van der Waals surface area contributed by atoms with Gasteiger partial charge in [0, 0.05) is 0 Å². The Balaban J connectivity index is 0.000000188. The molecule has 0 N–H and O–H groups in total. The molecular weight excluding hydrogens is 630 g/mol. The molecule has 6 rings (SSSR count). The van der Waals surface area contributed by atoms with Crippen LogP contribution in [0.4, 0.5) is 0 Å². The quantitative estimate of drug-likeness (QED) is 0.160. The van der Waals surface area contributed by atoms with E-state index in [1.165, 1.54) is 13.8 Å². The van der Waals surface area contributed by atoms with Gasteiger partial charge in [-0.1, -0.05) is 0 Å². The van der Waals surface area contributed by atoms with Crippen LogP contribution in [0, 0.1) is 0 Å². The molecule has 48 heavy (non-hydrogen) atoms. The molecule has 0 saturated carbocycles. The Hall–Kier alpha value is -4.88. The van der Waals surface area contributed by atoms with Crippen molar-refractivity contribution >= 4 is 57.4 Å². The van der Waals surface area contributed by atoms with Gasteiger partial charge in [0.05, 0.1) is 0 Å². The Kier molecular flexibility index (Phi) is 10.1. The van der Waals surface area contributed by atoms with Gasteiger partial charge in [0.25, 0.3) is 0 Å². The van der Waals surface area contributed by atoms with E-state index in [-0.39, 0.29) is 11.9 Å². The molecule has 0 aromatic heterocycles. The van der Waals surface area contributed by atoms with Crippen LogP contribution in [0.5, 0.6) is 0 Å². The standard InChI is InChI=1S/2C21H21O2P/c2*1-18(22)23-24(2,19-12-6-3-7-13-19,20-14-8-4-9-15-20)21-16-10-5-11-17-21/h2*3-17H,1-2H3. The second kappa shape index (κ2) is 14.1. The fourth-order valence-corrected chi connectivity index (χ4v) is 15.6. The fraction of sp³-hybridized carbons (Fsp3) is 0.0952. The molecule has 0 heterocycles. The molecule has 0 amide bonds. The molecule has 0 saturated heterocycles. The first kappa shape index (κ1) is 34.5. The second-order valence-corrected chi connectivity index (χ2v) is 21.4. The summed E-state index contributed by atoms with van der Waals surface area (Å²) in [6.07, 6.45) is 0. The van der Waals surface area contributed by atoms with Crippen molar-refractivity contribution < 1.29 is 18.6 Å². The Morgan fingerprint density at radius 3 is 0.604 bits per heavy atom. The van der Waals surface area contributed by atoms with Gasteiger partial charge in [-0.3, -0.25) is 0 Å². The molecule has 4 nitrogen and oxygen atoms in total. The van der Waals surface area contributed by atoms with E-state index in [9.17, 15) is 9.59 Å². The summed E-state index contributed by atoms with van der Waals surface area (Å²) >= 11 is 0. The number of hydrogen-bond acceptors (Lipinski definition) is 4. The summed E-state index contributed by atoms with van der Waals surface area (Å²) in [6, 6.07) is 60.5. The van der Waals surface area contributed by atoms with Crippen molar-refractivity contribution in [1.29, 1.82) is 0 Å². The molecule has 0 spiro atoms. The third-order valence-corrected chi connectivity index (χ3v) is 19.7.